The van der Waals surface area contributed by atoms with E-state index in [4.69, 9.17) is 0 Å². The summed E-state index contributed by atoms with van der Waals surface area (Å²) >= 11 is 0. The number of benzene rings is 1. The summed E-state index contributed by atoms with van der Waals surface area (Å²) in [6.07, 6.45) is 1.44. The third-order valence-corrected chi connectivity index (χ3v) is 4.20. The molecule has 22 heavy (non-hydrogen) atoms. The van der Waals surface area contributed by atoms with E-state index in [9.17, 15) is 14.3 Å². The highest BCUT2D eigenvalue weighted by molar-refractivity contribution is 5.75. The molecule has 2 amide bonds. The van der Waals surface area contributed by atoms with Gasteiger partial charge in [-0.3, -0.25) is 0 Å². The number of hydrogen-bond acceptors (Lipinski definition) is 3. The van der Waals surface area contributed by atoms with Crippen LogP contribution in [0.1, 0.15) is 12.0 Å². The minimum Gasteiger partial charge on any atom is -0.394 e. The molecule has 1 aliphatic rings. The van der Waals surface area contributed by atoms with Crippen LogP contribution in [0.5, 0.6) is 0 Å². The number of carbonyl (C=O) groups is 1. The number of aliphatic hydroxyl groups is 1. The van der Waals surface area contributed by atoms with Gasteiger partial charge in [-0.25, -0.2) is 9.18 Å². The van der Waals surface area contributed by atoms with Crippen LogP contribution in [0.3, 0.4) is 0 Å². The minimum absolute atomic E-state index is 0.0181. The first-order chi connectivity index (χ1) is 10.5. The van der Waals surface area contributed by atoms with Crippen molar-refractivity contribution in [3.63, 3.8) is 0 Å². The standard InChI is InChI=1S/C16H24FN3O2/c1-19(2)14-9-15(11-21)20(10-14)16(22)18-8-7-12-3-5-13(17)6-4-12/h3-6,14-15,21H,7-11H2,1-2H3,(H,18,22)/t14-,15+/m1/s1. The van der Waals surface area contributed by atoms with Gasteiger partial charge in [0, 0.05) is 19.1 Å². The number of carbonyl (C=O) groups excluding carboxylic acids is 1. The molecule has 2 rings (SSSR count). The van der Waals surface area contributed by atoms with E-state index in [-0.39, 0.29) is 30.5 Å². The molecule has 1 fully saturated rings. The number of likely N-dealkylation sites (tertiary alicyclic amines) is 1. The molecule has 5 nitrogen and oxygen atoms in total. The first kappa shape index (κ1) is 16.7. The van der Waals surface area contributed by atoms with Crippen molar-refractivity contribution in [2.45, 2.75) is 24.9 Å². The maximum absolute atomic E-state index is 12.8. The number of rotatable bonds is 5. The molecule has 0 aliphatic carbocycles. The fourth-order valence-electron chi connectivity index (χ4n) is 2.75. The average molecular weight is 309 g/mol. The Morgan fingerprint density at radius 2 is 2.09 bits per heavy atom. The molecule has 1 aliphatic heterocycles. The van der Waals surface area contributed by atoms with Crippen molar-refractivity contribution in [3.05, 3.63) is 35.6 Å². The van der Waals surface area contributed by atoms with Gasteiger partial charge in [-0.1, -0.05) is 12.1 Å². The summed E-state index contributed by atoms with van der Waals surface area (Å²) in [5, 5.41) is 12.3. The van der Waals surface area contributed by atoms with Crippen molar-refractivity contribution in [2.24, 2.45) is 0 Å². The Morgan fingerprint density at radius 3 is 2.68 bits per heavy atom. The second-order valence-electron chi connectivity index (χ2n) is 5.95. The predicted molar refractivity (Wildman–Crippen MR) is 83.2 cm³/mol. The fraction of sp³-hybridized carbons (Fsp3) is 0.562. The summed E-state index contributed by atoms with van der Waals surface area (Å²) in [4.78, 5) is 16.0. The van der Waals surface area contributed by atoms with Crippen LogP contribution in [0.15, 0.2) is 24.3 Å². The lowest BCUT2D eigenvalue weighted by Crippen LogP contribution is -2.45. The smallest absolute Gasteiger partial charge is 0.317 e. The van der Waals surface area contributed by atoms with Crippen LogP contribution in [0.2, 0.25) is 0 Å². The van der Waals surface area contributed by atoms with E-state index in [1.54, 1.807) is 17.0 Å². The van der Waals surface area contributed by atoms with Crippen LogP contribution in [-0.4, -0.2) is 66.8 Å². The molecule has 1 saturated heterocycles. The van der Waals surface area contributed by atoms with Crippen molar-refractivity contribution in [1.29, 1.82) is 0 Å². The van der Waals surface area contributed by atoms with Crippen LogP contribution < -0.4 is 5.32 Å². The van der Waals surface area contributed by atoms with Gasteiger partial charge in [-0.05, 0) is 44.6 Å². The number of nitrogens with one attached hydrogen (secondary N) is 1. The summed E-state index contributed by atoms with van der Waals surface area (Å²) in [7, 11) is 3.96. The number of halogens is 1. The highest BCUT2D eigenvalue weighted by atomic mass is 19.1. The van der Waals surface area contributed by atoms with Crippen molar-refractivity contribution >= 4 is 6.03 Å². The van der Waals surface area contributed by atoms with Crippen LogP contribution in [0.25, 0.3) is 0 Å². The highest BCUT2D eigenvalue weighted by Gasteiger charge is 2.35. The van der Waals surface area contributed by atoms with Crippen LogP contribution >= 0.6 is 0 Å². The molecule has 122 valence electrons. The Morgan fingerprint density at radius 1 is 1.41 bits per heavy atom. The van der Waals surface area contributed by atoms with Gasteiger partial charge in [0.25, 0.3) is 0 Å². The molecule has 0 bridgehead atoms. The summed E-state index contributed by atoms with van der Waals surface area (Å²) in [6, 6.07) is 6.28. The molecule has 0 unspecified atom stereocenters. The van der Waals surface area contributed by atoms with Crippen molar-refractivity contribution in [2.75, 3.05) is 33.8 Å². The SMILES string of the molecule is CN(C)[C@@H]1C[C@@H](CO)N(C(=O)NCCc2ccc(F)cc2)C1. The third-order valence-electron chi connectivity index (χ3n) is 4.20. The summed E-state index contributed by atoms with van der Waals surface area (Å²) in [6.45, 7) is 1.10. The second-order valence-corrected chi connectivity index (χ2v) is 5.95. The second kappa shape index (κ2) is 7.56. The molecule has 2 N–H and O–H groups in total. The lowest BCUT2D eigenvalue weighted by Gasteiger charge is -2.23. The van der Waals surface area contributed by atoms with Gasteiger partial charge in [0.15, 0.2) is 0 Å². The van der Waals surface area contributed by atoms with Crippen LogP contribution in [0.4, 0.5) is 9.18 Å². The molecule has 1 aromatic rings. The van der Waals surface area contributed by atoms with Crippen molar-refractivity contribution in [3.8, 4) is 0 Å². The zero-order valence-electron chi connectivity index (χ0n) is 13.1. The Kier molecular flexibility index (Phi) is 5.74. The van der Waals surface area contributed by atoms with Gasteiger partial charge in [-0.2, -0.15) is 0 Å². The van der Waals surface area contributed by atoms with Crippen molar-refractivity contribution < 1.29 is 14.3 Å². The zero-order chi connectivity index (χ0) is 16.1. The Labute approximate surface area is 130 Å². The fourth-order valence-corrected chi connectivity index (χ4v) is 2.75. The molecule has 1 aromatic carbocycles. The summed E-state index contributed by atoms with van der Waals surface area (Å²) in [5.74, 6) is -0.259. The molecular formula is C16H24FN3O2. The Balaban J connectivity index is 1.82. The van der Waals surface area contributed by atoms with E-state index in [0.717, 1.165) is 12.0 Å². The normalized spacial score (nSPS) is 21.4. The van der Waals surface area contributed by atoms with E-state index in [0.29, 0.717) is 19.5 Å². The molecule has 0 spiro atoms. The number of amides is 2. The Bertz CT molecular complexity index is 493. The van der Waals surface area contributed by atoms with E-state index < -0.39 is 0 Å². The number of likely N-dealkylation sites (N-methyl/N-ethyl adjacent to an activating group) is 1. The van der Waals surface area contributed by atoms with Gasteiger partial charge in [0.2, 0.25) is 0 Å². The van der Waals surface area contributed by atoms with Gasteiger partial charge < -0.3 is 20.2 Å². The first-order valence-corrected chi connectivity index (χ1v) is 7.57. The van der Waals surface area contributed by atoms with Crippen molar-refractivity contribution in [1.82, 2.24) is 15.1 Å². The number of nitrogens with zero attached hydrogens (tertiary/aromatic N) is 2. The van der Waals surface area contributed by atoms with Gasteiger partial charge in [0.05, 0.1) is 12.6 Å². The minimum atomic E-state index is -0.259. The third kappa shape index (κ3) is 4.18. The van der Waals surface area contributed by atoms with E-state index in [2.05, 4.69) is 10.2 Å². The maximum atomic E-state index is 12.8. The highest BCUT2D eigenvalue weighted by Crippen LogP contribution is 2.20. The molecule has 2 atom stereocenters. The maximum Gasteiger partial charge on any atom is 0.317 e. The predicted octanol–water partition coefficient (Wildman–Crippen LogP) is 1.07. The molecule has 6 heteroatoms. The van der Waals surface area contributed by atoms with E-state index in [1.165, 1.54) is 12.1 Å². The molecule has 1 heterocycles. The average Bonchev–Trinajstić information content (AvgIpc) is 2.94. The topological polar surface area (TPSA) is 55.8 Å². The lowest BCUT2D eigenvalue weighted by molar-refractivity contribution is 0.157. The molecule has 0 radical (unpaired) electrons. The summed E-state index contributed by atoms with van der Waals surface area (Å²) < 4.78 is 12.8. The number of urea groups is 1. The quantitative estimate of drug-likeness (QED) is 0.855. The van der Waals surface area contributed by atoms with Gasteiger partial charge in [0.1, 0.15) is 5.82 Å². The molecule has 0 saturated carbocycles. The van der Waals surface area contributed by atoms with Crippen LogP contribution in [-0.2, 0) is 6.42 Å². The lowest BCUT2D eigenvalue weighted by atomic mass is 10.1. The number of hydrogen-bond donors (Lipinski definition) is 2. The largest absolute Gasteiger partial charge is 0.394 e. The zero-order valence-corrected chi connectivity index (χ0v) is 13.1. The van der Waals surface area contributed by atoms with Gasteiger partial charge in [-0.15, -0.1) is 0 Å². The van der Waals surface area contributed by atoms with E-state index >= 15 is 0 Å². The number of aliphatic hydroxyl groups excluding tert-OH is 1. The first-order valence-electron chi connectivity index (χ1n) is 7.57. The van der Waals surface area contributed by atoms with Gasteiger partial charge >= 0.3 is 6.03 Å². The van der Waals surface area contributed by atoms with E-state index in [1.807, 2.05) is 14.1 Å². The van der Waals surface area contributed by atoms with Crippen LogP contribution in [0, 0.1) is 5.82 Å². The summed E-state index contributed by atoms with van der Waals surface area (Å²) in [5.41, 5.74) is 0.980. The molecule has 0 aromatic heterocycles. The monoisotopic (exact) mass is 309 g/mol. The Hall–Kier alpha value is -1.66. The molecular weight excluding hydrogens is 285 g/mol.